The number of hydrogen-bond donors (Lipinski definition) is 2. The summed E-state index contributed by atoms with van der Waals surface area (Å²) in [5.74, 6) is -0.562. The molecule has 0 aliphatic carbocycles. The van der Waals surface area contributed by atoms with Crippen LogP contribution in [0.15, 0.2) is 48.5 Å². The second kappa shape index (κ2) is 7.23. The zero-order valence-corrected chi connectivity index (χ0v) is 13.4. The summed E-state index contributed by atoms with van der Waals surface area (Å²) >= 11 is 0. The maximum absolute atomic E-state index is 13.5. The Kier molecular flexibility index (Phi) is 5.33. The molecule has 2 aromatic carbocycles. The third-order valence-electron chi connectivity index (χ3n) is 3.05. The summed E-state index contributed by atoms with van der Waals surface area (Å²) in [6, 6.07) is 12.6. The average molecular weight is 336 g/mol. The van der Waals surface area contributed by atoms with Crippen molar-refractivity contribution < 1.29 is 17.6 Å². The van der Waals surface area contributed by atoms with Gasteiger partial charge in [0.2, 0.25) is 15.9 Å². The first-order valence-corrected chi connectivity index (χ1v) is 8.84. The molecular weight excluding hydrogens is 319 g/mol. The predicted molar refractivity (Wildman–Crippen MR) is 88.3 cm³/mol. The van der Waals surface area contributed by atoms with Crippen LogP contribution in [-0.4, -0.2) is 20.6 Å². The monoisotopic (exact) mass is 336 g/mol. The lowest BCUT2D eigenvalue weighted by molar-refractivity contribution is -0.116. The molecule has 0 aliphatic heterocycles. The van der Waals surface area contributed by atoms with Crippen LogP contribution in [0.3, 0.4) is 0 Å². The van der Waals surface area contributed by atoms with Crippen LogP contribution >= 0.6 is 0 Å². The van der Waals surface area contributed by atoms with Gasteiger partial charge in [0.15, 0.2) is 0 Å². The fourth-order valence-electron chi connectivity index (χ4n) is 2.01. The molecule has 2 aromatic rings. The Morgan fingerprint density at radius 3 is 2.26 bits per heavy atom. The first kappa shape index (κ1) is 17.0. The van der Waals surface area contributed by atoms with Gasteiger partial charge in [-0.25, -0.2) is 12.8 Å². The molecule has 2 rings (SSSR count). The van der Waals surface area contributed by atoms with Gasteiger partial charge in [0, 0.05) is 17.8 Å². The number of anilines is 2. The van der Waals surface area contributed by atoms with Crippen LogP contribution in [0.25, 0.3) is 0 Å². The molecule has 0 spiro atoms. The summed E-state index contributed by atoms with van der Waals surface area (Å²) in [6.45, 7) is 0. The first-order valence-electron chi connectivity index (χ1n) is 6.94. The summed E-state index contributed by atoms with van der Waals surface area (Å²) in [4.78, 5) is 11.9. The van der Waals surface area contributed by atoms with E-state index in [2.05, 4.69) is 10.0 Å². The zero-order chi connectivity index (χ0) is 16.9. The van der Waals surface area contributed by atoms with E-state index in [1.807, 2.05) is 0 Å². The Balaban J connectivity index is 1.89. The van der Waals surface area contributed by atoms with Crippen molar-refractivity contribution in [1.29, 1.82) is 0 Å². The number of nitrogens with one attached hydrogen (secondary N) is 2. The highest BCUT2D eigenvalue weighted by Crippen LogP contribution is 2.15. The molecule has 0 aromatic heterocycles. The largest absolute Gasteiger partial charge is 0.326 e. The van der Waals surface area contributed by atoms with Gasteiger partial charge in [0.05, 0.1) is 6.26 Å². The van der Waals surface area contributed by atoms with Crippen molar-refractivity contribution in [3.63, 3.8) is 0 Å². The highest BCUT2D eigenvalue weighted by molar-refractivity contribution is 7.92. The molecule has 0 heterocycles. The highest BCUT2D eigenvalue weighted by atomic mass is 32.2. The third-order valence-corrected chi connectivity index (χ3v) is 3.66. The molecule has 1 amide bonds. The molecule has 0 bridgehead atoms. The predicted octanol–water partition coefficient (Wildman–Crippen LogP) is 2.77. The zero-order valence-electron chi connectivity index (χ0n) is 12.5. The molecule has 0 atom stereocenters. The van der Waals surface area contributed by atoms with Gasteiger partial charge < -0.3 is 5.32 Å². The van der Waals surface area contributed by atoms with Gasteiger partial charge >= 0.3 is 0 Å². The van der Waals surface area contributed by atoms with Gasteiger partial charge in [-0.15, -0.1) is 0 Å². The van der Waals surface area contributed by atoms with Crippen molar-refractivity contribution in [3.05, 3.63) is 59.9 Å². The molecule has 0 saturated heterocycles. The van der Waals surface area contributed by atoms with E-state index in [4.69, 9.17) is 0 Å². The van der Waals surface area contributed by atoms with Crippen molar-refractivity contribution in [2.75, 3.05) is 16.3 Å². The normalized spacial score (nSPS) is 11.0. The van der Waals surface area contributed by atoms with Crippen molar-refractivity contribution in [3.8, 4) is 0 Å². The minimum absolute atomic E-state index is 0.157. The standard InChI is InChI=1S/C16H17FN2O3S/c1-23(21,22)19-14-9-7-13(8-10-14)18-16(20)11-6-12-4-2-3-5-15(12)17/h2-5,7-10,19H,6,11H2,1H3,(H,18,20). The van der Waals surface area contributed by atoms with Crippen LogP contribution < -0.4 is 10.0 Å². The number of sulfonamides is 1. The molecule has 0 aliphatic rings. The summed E-state index contributed by atoms with van der Waals surface area (Å²) in [5, 5.41) is 2.68. The van der Waals surface area contributed by atoms with E-state index in [0.29, 0.717) is 23.4 Å². The number of carbonyl (C=O) groups excluding carboxylic acids is 1. The average Bonchev–Trinajstić information content (AvgIpc) is 2.47. The topological polar surface area (TPSA) is 75.3 Å². The quantitative estimate of drug-likeness (QED) is 0.852. The first-order chi connectivity index (χ1) is 10.8. The van der Waals surface area contributed by atoms with Crippen molar-refractivity contribution in [1.82, 2.24) is 0 Å². The number of benzene rings is 2. The van der Waals surface area contributed by atoms with E-state index in [9.17, 15) is 17.6 Å². The second-order valence-electron chi connectivity index (χ2n) is 5.09. The Labute approximate surface area is 134 Å². The highest BCUT2D eigenvalue weighted by Gasteiger charge is 2.07. The van der Waals surface area contributed by atoms with E-state index in [1.54, 1.807) is 42.5 Å². The Bertz CT molecular complexity index is 789. The number of hydrogen-bond acceptors (Lipinski definition) is 3. The van der Waals surface area contributed by atoms with Crippen LogP contribution in [0, 0.1) is 5.82 Å². The number of rotatable bonds is 6. The summed E-state index contributed by atoms with van der Waals surface area (Å²) in [7, 11) is -3.33. The van der Waals surface area contributed by atoms with Gasteiger partial charge in [-0.05, 0) is 42.3 Å². The van der Waals surface area contributed by atoms with Gasteiger partial charge in [-0.3, -0.25) is 9.52 Å². The lowest BCUT2D eigenvalue weighted by atomic mass is 10.1. The molecule has 2 N–H and O–H groups in total. The molecule has 122 valence electrons. The van der Waals surface area contributed by atoms with Crippen LogP contribution in [0.4, 0.5) is 15.8 Å². The van der Waals surface area contributed by atoms with Crippen LogP contribution in [0.1, 0.15) is 12.0 Å². The SMILES string of the molecule is CS(=O)(=O)Nc1ccc(NC(=O)CCc2ccccc2F)cc1. The molecule has 0 unspecified atom stereocenters. The molecule has 7 heteroatoms. The molecule has 5 nitrogen and oxygen atoms in total. The van der Waals surface area contributed by atoms with Crippen LogP contribution in [0.5, 0.6) is 0 Å². The smallest absolute Gasteiger partial charge is 0.229 e. The summed E-state index contributed by atoms with van der Waals surface area (Å²) in [5.41, 5.74) is 1.45. The lowest BCUT2D eigenvalue weighted by Crippen LogP contribution is -2.13. The van der Waals surface area contributed by atoms with Gasteiger partial charge in [-0.2, -0.15) is 0 Å². The second-order valence-corrected chi connectivity index (χ2v) is 6.84. The number of carbonyl (C=O) groups is 1. The van der Waals surface area contributed by atoms with E-state index < -0.39 is 10.0 Å². The molecular formula is C16H17FN2O3S. The fourth-order valence-corrected chi connectivity index (χ4v) is 2.57. The van der Waals surface area contributed by atoms with Gasteiger partial charge in [0.25, 0.3) is 0 Å². The van der Waals surface area contributed by atoms with E-state index in [1.165, 1.54) is 6.07 Å². The maximum atomic E-state index is 13.5. The number of aryl methyl sites for hydroxylation is 1. The fraction of sp³-hybridized carbons (Fsp3) is 0.188. The van der Waals surface area contributed by atoms with Crippen molar-refractivity contribution in [2.45, 2.75) is 12.8 Å². The Morgan fingerprint density at radius 1 is 1.04 bits per heavy atom. The van der Waals surface area contributed by atoms with E-state index in [-0.39, 0.29) is 18.1 Å². The van der Waals surface area contributed by atoms with Crippen LogP contribution in [0.2, 0.25) is 0 Å². The van der Waals surface area contributed by atoms with Crippen molar-refractivity contribution in [2.24, 2.45) is 0 Å². The molecule has 0 saturated carbocycles. The summed E-state index contributed by atoms with van der Waals surface area (Å²) < 4.78 is 38.0. The molecule has 0 radical (unpaired) electrons. The van der Waals surface area contributed by atoms with Gasteiger partial charge in [-0.1, -0.05) is 18.2 Å². The van der Waals surface area contributed by atoms with Gasteiger partial charge in [0.1, 0.15) is 5.82 Å². The molecule has 23 heavy (non-hydrogen) atoms. The molecule has 0 fully saturated rings. The number of amides is 1. The minimum atomic E-state index is -3.33. The minimum Gasteiger partial charge on any atom is -0.326 e. The number of halogens is 1. The summed E-state index contributed by atoms with van der Waals surface area (Å²) in [6.07, 6.45) is 1.53. The Morgan fingerprint density at radius 2 is 1.65 bits per heavy atom. The van der Waals surface area contributed by atoms with E-state index in [0.717, 1.165) is 6.26 Å². The van der Waals surface area contributed by atoms with Crippen molar-refractivity contribution >= 4 is 27.3 Å². The van der Waals surface area contributed by atoms with E-state index >= 15 is 0 Å². The lowest BCUT2D eigenvalue weighted by Gasteiger charge is -2.08. The maximum Gasteiger partial charge on any atom is 0.229 e. The third kappa shape index (κ3) is 5.71. The van der Waals surface area contributed by atoms with Crippen LogP contribution in [-0.2, 0) is 21.2 Å². The Hall–Kier alpha value is -2.41.